The van der Waals surface area contributed by atoms with Gasteiger partial charge in [-0.05, 0) is 30.3 Å². The van der Waals surface area contributed by atoms with Gasteiger partial charge in [0.2, 0.25) is 5.95 Å². The standard InChI is InChI=1S/C12H7Cl2FN2O/c13-7-4-5-9(8(14)6-7)17-12(18)10-2-1-3-11(15)16-10/h1-6H,(H,17,18). The first-order valence-electron chi connectivity index (χ1n) is 4.95. The summed E-state index contributed by atoms with van der Waals surface area (Å²) >= 11 is 11.6. The Labute approximate surface area is 113 Å². The number of halogens is 3. The Kier molecular flexibility index (Phi) is 3.79. The zero-order valence-electron chi connectivity index (χ0n) is 8.95. The van der Waals surface area contributed by atoms with Crippen LogP contribution in [-0.2, 0) is 0 Å². The molecule has 1 aromatic carbocycles. The van der Waals surface area contributed by atoms with E-state index in [9.17, 15) is 9.18 Å². The summed E-state index contributed by atoms with van der Waals surface area (Å²) in [6.45, 7) is 0. The van der Waals surface area contributed by atoms with Crippen LogP contribution in [0.3, 0.4) is 0 Å². The molecule has 0 aliphatic heterocycles. The molecule has 1 aromatic heterocycles. The first kappa shape index (κ1) is 12.8. The van der Waals surface area contributed by atoms with E-state index in [2.05, 4.69) is 10.3 Å². The van der Waals surface area contributed by atoms with Gasteiger partial charge in [-0.2, -0.15) is 4.39 Å². The van der Waals surface area contributed by atoms with Crippen molar-refractivity contribution < 1.29 is 9.18 Å². The second-order valence-electron chi connectivity index (χ2n) is 3.42. The molecule has 0 atom stereocenters. The van der Waals surface area contributed by atoms with Gasteiger partial charge in [-0.3, -0.25) is 4.79 Å². The molecule has 0 unspecified atom stereocenters. The fourth-order valence-electron chi connectivity index (χ4n) is 1.31. The molecule has 0 fully saturated rings. The van der Waals surface area contributed by atoms with E-state index in [0.717, 1.165) is 6.07 Å². The van der Waals surface area contributed by atoms with Gasteiger partial charge in [0.1, 0.15) is 5.69 Å². The van der Waals surface area contributed by atoms with E-state index in [4.69, 9.17) is 23.2 Å². The number of carbonyl (C=O) groups excluding carboxylic acids is 1. The van der Waals surface area contributed by atoms with Gasteiger partial charge in [-0.15, -0.1) is 0 Å². The fourth-order valence-corrected chi connectivity index (χ4v) is 1.77. The molecule has 0 saturated carbocycles. The molecule has 2 aromatic rings. The van der Waals surface area contributed by atoms with Crippen LogP contribution >= 0.6 is 23.2 Å². The first-order valence-corrected chi connectivity index (χ1v) is 5.71. The average Bonchev–Trinajstić information content (AvgIpc) is 2.32. The second-order valence-corrected chi connectivity index (χ2v) is 4.27. The number of anilines is 1. The summed E-state index contributed by atoms with van der Waals surface area (Å²) in [5, 5.41) is 3.28. The largest absolute Gasteiger partial charge is 0.319 e. The SMILES string of the molecule is O=C(Nc1ccc(Cl)cc1Cl)c1cccc(F)n1. The van der Waals surface area contributed by atoms with E-state index < -0.39 is 11.9 Å². The van der Waals surface area contributed by atoms with E-state index in [0.29, 0.717) is 15.7 Å². The van der Waals surface area contributed by atoms with Crippen LogP contribution in [-0.4, -0.2) is 10.9 Å². The summed E-state index contributed by atoms with van der Waals surface area (Å²) in [4.78, 5) is 15.2. The number of carbonyl (C=O) groups is 1. The summed E-state index contributed by atoms with van der Waals surface area (Å²) in [7, 11) is 0. The van der Waals surface area contributed by atoms with E-state index in [1.54, 1.807) is 12.1 Å². The number of pyridine rings is 1. The highest BCUT2D eigenvalue weighted by Gasteiger charge is 2.10. The molecule has 0 spiro atoms. The normalized spacial score (nSPS) is 10.2. The van der Waals surface area contributed by atoms with Crippen molar-refractivity contribution in [2.75, 3.05) is 5.32 Å². The number of aromatic nitrogens is 1. The fraction of sp³-hybridized carbons (Fsp3) is 0. The number of benzene rings is 1. The molecule has 92 valence electrons. The Morgan fingerprint density at radius 3 is 2.67 bits per heavy atom. The van der Waals surface area contributed by atoms with Crippen LogP contribution in [0, 0.1) is 5.95 Å². The summed E-state index contributed by atoms with van der Waals surface area (Å²) in [6.07, 6.45) is 0. The van der Waals surface area contributed by atoms with E-state index >= 15 is 0 Å². The smallest absolute Gasteiger partial charge is 0.274 e. The maximum Gasteiger partial charge on any atom is 0.274 e. The molecule has 0 bridgehead atoms. The third kappa shape index (κ3) is 2.97. The van der Waals surface area contributed by atoms with Crippen LogP contribution < -0.4 is 5.32 Å². The number of hydrogen-bond acceptors (Lipinski definition) is 2. The predicted molar refractivity (Wildman–Crippen MR) is 68.6 cm³/mol. The molecular formula is C12H7Cl2FN2O. The Hall–Kier alpha value is -1.65. The number of hydrogen-bond donors (Lipinski definition) is 1. The van der Waals surface area contributed by atoms with E-state index in [1.807, 2.05) is 0 Å². The summed E-state index contributed by atoms with van der Waals surface area (Å²) in [6, 6.07) is 8.61. The molecule has 6 heteroatoms. The van der Waals surface area contributed by atoms with Crippen LogP contribution in [0.2, 0.25) is 10.0 Å². The Balaban J connectivity index is 2.21. The van der Waals surface area contributed by atoms with Gasteiger partial charge >= 0.3 is 0 Å². The monoisotopic (exact) mass is 284 g/mol. The lowest BCUT2D eigenvalue weighted by molar-refractivity contribution is 0.102. The van der Waals surface area contributed by atoms with Gasteiger partial charge in [-0.1, -0.05) is 29.3 Å². The maximum atomic E-state index is 12.9. The molecule has 3 nitrogen and oxygen atoms in total. The minimum Gasteiger partial charge on any atom is -0.319 e. The van der Waals surface area contributed by atoms with Crippen LogP contribution in [0.4, 0.5) is 10.1 Å². The highest BCUT2D eigenvalue weighted by atomic mass is 35.5. The Morgan fingerprint density at radius 2 is 2.00 bits per heavy atom. The minimum atomic E-state index is -0.718. The lowest BCUT2D eigenvalue weighted by Gasteiger charge is -2.06. The minimum absolute atomic E-state index is 0.0268. The topological polar surface area (TPSA) is 42.0 Å². The van der Waals surface area contributed by atoms with Gasteiger partial charge in [0.15, 0.2) is 0 Å². The van der Waals surface area contributed by atoms with Crippen LogP contribution in [0.25, 0.3) is 0 Å². The molecule has 0 aliphatic carbocycles. The van der Waals surface area contributed by atoms with Crippen molar-refractivity contribution in [3.63, 3.8) is 0 Å². The number of nitrogens with zero attached hydrogens (tertiary/aromatic N) is 1. The van der Waals surface area contributed by atoms with Crippen LogP contribution in [0.5, 0.6) is 0 Å². The molecule has 1 N–H and O–H groups in total. The van der Waals surface area contributed by atoms with Crippen molar-refractivity contribution in [2.45, 2.75) is 0 Å². The molecule has 1 heterocycles. The zero-order chi connectivity index (χ0) is 13.1. The van der Waals surface area contributed by atoms with Crippen LogP contribution in [0.1, 0.15) is 10.5 Å². The molecule has 18 heavy (non-hydrogen) atoms. The van der Waals surface area contributed by atoms with Gasteiger partial charge < -0.3 is 5.32 Å². The highest BCUT2D eigenvalue weighted by Crippen LogP contribution is 2.25. The lowest BCUT2D eigenvalue weighted by Crippen LogP contribution is -2.14. The summed E-state index contributed by atoms with van der Waals surface area (Å²) in [5.74, 6) is -1.26. The van der Waals surface area contributed by atoms with Crippen molar-refractivity contribution in [1.29, 1.82) is 0 Å². The summed E-state index contributed by atoms with van der Waals surface area (Å²) in [5.41, 5.74) is 0.359. The Bertz CT molecular complexity index is 604. The molecule has 1 amide bonds. The van der Waals surface area contributed by atoms with Crippen molar-refractivity contribution in [3.05, 3.63) is 58.1 Å². The predicted octanol–water partition coefficient (Wildman–Crippen LogP) is 3.78. The van der Waals surface area contributed by atoms with Gasteiger partial charge in [0.25, 0.3) is 5.91 Å². The van der Waals surface area contributed by atoms with Crippen molar-refractivity contribution in [2.24, 2.45) is 0 Å². The quantitative estimate of drug-likeness (QED) is 0.853. The van der Waals surface area contributed by atoms with E-state index in [1.165, 1.54) is 18.2 Å². The van der Waals surface area contributed by atoms with Gasteiger partial charge in [0, 0.05) is 5.02 Å². The zero-order valence-corrected chi connectivity index (χ0v) is 10.5. The molecule has 2 rings (SSSR count). The van der Waals surface area contributed by atoms with Gasteiger partial charge in [-0.25, -0.2) is 4.98 Å². The third-order valence-corrected chi connectivity index (χ3v) is 2.67. The Morgan fingerprint density at radius 1 is 1.22 bits per heavy atom. The summed E-state index contributed by atoms with van der Waals surface area (Å²) < 4.78 is 12.9. The first-order chi connectivity index (χ1) is 8.56. The molecule has 0 saturated heterocycles. The second kappa shape index (κ2) is 5.33. The van der Waals surface area contributed by atoms with Gasteiger partial charge in [0.05, 0.1) is 10.7 Å². The molecule has 0 radical (unpaired) electrons. The number of nitrogens with one attached hydrogen (secondary N) is 1. The highest BCUT2D eigenvalue weighted by molar-refractivity contribution is 6.36. The lowest BCUT2D eigenvalue weighted by atomic mass is 10.3. The molecular weight excluding hydrogens is 278 g/mol. The van der Waals surface area contributed by atoms with E-state index in [-0.39, 0.29) is 5.69 Å². The third-order valence-electron chi connectivity index (χ3n) is 2.13. The van der Waals surface area contributed by atoms with Crippen molar-refractivity contribution in [3.8, 4) is 0 Å². The maximum absolute atomic E-state index is 12.9. The number of amides is 1. The van der Waals surface area contributed by atoms with Crippen LogP contribution in [0.15, 0.2) is 36.4 Å². The molecule has 0 aliphatic rings. The average molecular weight is 285 g/mol. The van der Waals surface area contributed by atoms with Crippen molar-refractivity contribution in [1.82, 2.24) is 4.98 Å². The van der Waals surface area contributed by atoms with Crippen molar-refractivity contribution >= 4 is 34.8 Å². The number of rotatable bonds is 2.